The van der Waals surface area contributed by atoms with Crippen LogP contribution in [-0.2, 0) is 4.79 Å². The maximum Gasteiger partial charge on any atom is 0.194 e. The van der Waals surface area contributed by atoms with Gasteiger partial charge in [-0.05, 0) is 6.07 Å². The number of halogens is 1. The summed E-state index contributed by atoms with van der Waals surface area (Å²) in [7, 11) is 0. The number of hydrogen-bond donors (Lipinski definition) is 0. The number of aldehydes is 1. The predicted octanol–water partition coefficient (Wildman–Crippen LogP) is 0.355. The van der Waals surface area contributed by atoms with Crippen LogP contribution in [0.15, 0.2) is 29.3 Å². The van der Waals surface area contributed by atoms with Gasteiger partial charge in [0.05, 0.1) is 5.36 Å². The van der Waals surface area contributed by atoms with Crippen LogP contribution >= 0.6 is 0 Å². The molecule has 1 aliphatic rings. The Bertz CT molecular complexity index is 452. The topological polar surface area (TPSA) is 29.4 Å². The van der Waals surface area contributed by atoms with Gasteiger partial charge in [-0.1, -0.05) is 18.2 Å². The van der Waals surface area contributed by atoms with Crippen LogP contribution in [-0.4, -0.2) is 12.6 Å². The molecular formula is C10H8FNO. The molecule has 0 spiro atoms. The van der Waals surface area contributed by atoms with Crippen molar-refractivity contribution in [3.05, 3.63) is 34.8 Å². The van der Waals surface area contributed by atoms with E-state index in [9.17, 15) is 9.18 Å². The Morgan fingerprint density at radius 3 is 3.00 bits per heavy atom. The third kappa shape index (κ3) is 1.37. The molecule has 13 heavy (non-hydrogen) atoms. The van der Waals surface area contributed by atoms with Crippen LogP contribution in [0.25, 0.3) is 5.57 Å². The molecule has 1 heterocycles. The first-order valence-electron chi connectivity index (χ1n) is 4.06. The highest BCUT2D eigenvalue weighted by molar-refractivity contribution is 5.98. The van der Waals surface area contributed by atoms with Crippen molar-refractivity contribution in [3.63, 3.8) is 0 Å². The molecule has 1 aromatic carbocycles. The Hall–Kier alpha value is -1.51. The zero-order valence-electron chi connectivity index (χ0n) is 6.90. The van der Waals surface area contributed by atoms with Crippen molar-refractivity contribution < 1.29 is 9.18 Å². The Kier molecular flexibility index (Phi) is 1.93. The van der Waals surface area contributed by atoms with Gasteiger partial charge in [0, 0.05) is 17.2 Å². The number of fused-ring (bicyclic) bond motifs is 1. The van der Waals surface area contributed by atoms with E-state index in [-0.39, 0.29) is 6.42 Å². The van der Waals surface area contributed by atoms with E-state index < -0.39 is 6.30 Å². The van der Waals surface area contributed by atoms with E-state index >= 15 is 0 Å². The van der Waals surface area contributed by atoms with Crippen LogP contribution < -0.4 is 10.6 Å². The van der Waals surface area contributed by atoms with Crippen molar-refractivity contribution in [1.82, 2.24) is 0 Å². The van der Waals surface area contributed by atoms with Gasteiger partial charge in [-0.3, -0.25) is 4.79 Å². The fourth-order valence-corrected chi connectivity index (χ4v) is 1.46. The molecule has 0 saturated heterocycles. The van der Waals surface area contributed by atoms with Crippen molar-refractivity contribution in [2.45, 2.75) is 12.7 Å². The molecule has 0 N–H and O–H groups in total. The molecular weight excluding hydrogens is 169 g/mol. The zero-order valence-corrected chi connectivity index (χ0v) is 6.90. The summed E-state index contributed by atoms with van der Waals surface area (Å²) < 4.78 is 13.0. The van der Waals surface area contributed by atoms with Gasteiger partial charge in [0.15, 0.2) is 6.30 Å². The van der Waals surface area contributed by atoms with E-state index in [1.807, 2.05) is 6.07 Å². The van der Waals surface area contributed by atoms with E-state index in [4.69, 9.17) is 0 Å². The molecule has 0 fully saturated rings. The second-order valence-corrected chi connectivity index (χ2v) is 2.93. The number of hydrogen-bond acceptors (Lipinski definition) is 2. The number of benzene rings is 1. The molecule has 2 rings (SSSR count). The van der Waals surface area contributed by atoms with Crippen LogP contribution in [0.4, 0.5) is 4.39 Å². The average molecular weight is 177 g/mol. The normalized spacial score (nSPS) is 20.4. The summed E-state index contributed by atoms with van der Waals surface area (Å²) in [6.45, 7) is 0. The van der Waals surface area contributed by atoms with Crippen LogP contribution in [0.1, 0.15) is 6.42 Å². The second kappa shape index (κ2) is 3.09. The van der Waals surface area contributed by atoms with E-state index in [2.05, 4.69) is 4.99 Å². The zero-order chi connectivity index (χ0) is 9.26. The summed E-state index contributed by atoms with van der Waals surface area (Å²) in [4.78, 5) is 14.4. The molecule has 0 radical (unpaired) electrons. The summed E-state index contributed by atoms with van der Waals surface area (Å²) in [5, 5.41) is 1.33. The molecule has 66 valence electrons. The lowest BCUT2D eigenvalue weighted by Crippen LogP contribution is -2.33. The minimum atomic E-state index is -1.27. The summed E-state index contributed by atoms with van der Waals surface area (Å²) in [6.07, 6.45) is -0.462. The maximum absolute atomic E-state index is 13.0. The van der Waals surface area contributed by atoms with Gasteiger partial charge in [0.25, 0.3) is 0 Å². The Morgan fingerprint density at radius 2 is 2.23 bits per heavy atom. The second-order valence-electron chi connectivity index (χ2n) is 2.93. The number of carbonyl (C=O) groups is 1. The summed E-state index contributed by atoms with van der Waals surface area (Å²) in [6, 6.07) is 7.10. The molecule has 1 aromatic rings. The molecule has 0 amide bonds. The van der Waals surface area contributed by atoms with Gasteiger partial charge in [-0.15, -0.1) is 0 Å². The first-order chi connectivity index (χ1) is 6.31. The monoisotopic (exact) mass is 177 g/mol. The fraction of sp³-hybridized carbons (Fsp3) is 0.200. The molecule has 2 nitrogen and oxygen atoms in total. The SMILES string of the molecule is O=CC1=c2ccccc2=NC(F)C1. The highest BCUT2D eigenvalue weighted by Gasteiger charge is 2.12. The molecule has 0 saturated carbocycles. The number of rotatable bonds is 1. The van der Waals surface area contributed by atoms with E-state index in [1.54, 1.807) is 18.2 Å². The van der Waals surface area contributed by atoms with Crippen molar-refractivity contribution in [2.75, 3.05) is 0 Å². The van der Waals surface area contributed by atoms with Crippen LogP contribution in [0.3, 0.4) is 0 Å². The fourth-order valence-electron chi connectivity index (χ4n) is 1.46. The molecule has 3 heteroatoms. The Morgan fingerprint density at radius 1 is 1.46 bits per heavy atom. The smallest absolute Gasteiger partial charge is 0.194 e. The van der Waals surface area contributed by atoms with Gasteiger partial charge < -0.3 is 0 Å². The first kappa shape index (κ1) is 8.10. The van der Waals surface area contributed by atoms with E-state index in [0.29, 0.717) is 17.2 Å². The lowest BCUT2D eigenvalue weighted by atomic mass is 10.1. The van der Waals surface area contributed by atoms with Gasteiger partial charge in [-0.25, -0.2) is 9.38 Å². The van der Waals surface area contributed by atoms with E-state index in [1.165, 1.54) is 0 Å². The molecule has 1 unspecified atom stereocenters. The van der Waals surface area contributed by atoms with Crippen molar-refractivity contribution >= 4 is 11.9 Å². The number of para-hydroxylation sites is 1. The van der Waals surface area contributed by atoms with Crippen LogP contribution in [0, 0.1) is 0 Å². The van der Waals surface area contributed by atoms with Gasteiger partial charge in [0.2, 0.25) is 0 Å². The summed E-state index contributed by atoms with van der Waals surface area (Å²) in [5.41, 5.74) is 0.498. The standard InChI is InChI=1S/C10H8FNO/c11-10-5-7(6-13)8-3-1-2-4-9(8)12-10/h1-4,6,10H,5H2. The third-order valence-corrected chi connectivity index (χ3v) is 2.06. The molecule has 0 bridgehead atoms. The van der Waals surface area contributed by atoms with Gasteiger partial charge in [0.1, 0.15) is 6.29 Å². The maximum atomic E-state index is 13.0. The highest BCUT2D eigenvalue weighted by Crippen LogP contribution is 2.08. The van der Waals surface area contributed by atoms with Crippen molar-refractivity contribution in [1.29, 1.82) is 0 Å². The highest BCUT2D eigenvalue weighted by atomic mass is 19.1. The average Bonchev–Trinajstić information content (AvgIpc) is 2.16. The number of carbonyl (C=O) groups excluding carboxylic acids is 1. The lowest BCUT2D eigenvalue weighted by Gasteiger charge is -2.08. The Labute approximate surface area is 74.4 Å². The van der Waals surface area contributed by atoms with Crippen molar-refractivity contribution in [2.24, 2.45) is 4.99 Å². The van der Waals surface area contributed by atoms with Crippen LogP contribution in [0.2, 0.25) is 0 Å². The van der Waals surface area contributed by atoms with Crippen LogP contribution in [0.5, 0.6) is 0 Å². The largest absolute Gasteiger partial charge is 0.298 e. The molecule has 0 aliphatic carbocycles. The Balaban J connectivity index is 2.82. The van der Waals surface area contributed by atoms with Crippen molar-refractivity contribution in [3.8, 4) is 0 Å². The predicted molar refractivity (Wildman–Crippen MR) is 46.2 cm³/mol. The van der Waals surface area contributed by atoms with Gasteiger partial charge >= 0.3 is 0 Å². The molecule has 1 aliphatic heterocycles. The molecule has 1 atom stereocenters. The van der Waals surface area contributed by atoms with E-state index in [0.717, 1.165) is 5.22 Å². The quantitative estimate of drug-likeness (QED) is 0.449. The van der Waals surface area contributed by atoms with Gasteiger partial charge in [-0.2, -0.15) is 0 Å². The minimum Gasteiger partial charge on any atom is -0.298 e. The minimum absolute atomic E-state index is 0.0977. The number of nitrogens with zero attached hydrogens (tertiary/aromatic N) is 1. The third-order valence-electron chi connectivity index (χ3n) is 2.06. The lowest BCUT2D eigenvalue weighted by molar-refractivity contribution is -0.103. The number of alkyl halides is 1. The first-order valence-corrected chi connectivity index (χ1v) is 4.06. The molecule has 0 aromatic heterocycles. The summed E-state index contributed by atoms with van der Waals surface area (Å²) in [5.74, 6) is 0. The summed E-state index contributed by atoms with van der Waals surface area (Å²) >= 11 is 0.